The Bertz CT molecular complexity index is 615. The molecule has 0 aliphatic rings. The van der Waals surface area contributed by atoms with Crippen molar-refractivity contribution in [3.63, 3.8) is 0 Å². The number of aromatic hydroxyl groups is 1. The Morgan fingerprint density at radius 1 is 1.43 bits per heavy atom. The highest BCUT2D eigenvalue weighted by Crippen LogP contribution is 2.28. The molecule has 1 aromatic rings. The van der Waals surface area contributed by atoms with Gasteiger partial charge in [-0.3, -0.25) is 10.1 Å². The van der Waals surface area contributed by atoms with Crippen molar-refractivity contribution in [2.75, 3.05) is 20.6 Å². The average molecular weight is 317 g/mol. The average Bonchev–Trinajstić information content (AvgIpc) is 2.35. The highest BCUT2D eigenvalue weighted by Gasteiger charge is 2.22. The normalized spacial score (nSPS) is 13.3. The molecular formula is C12H19N3O5S. The van der Waals surface area contributed by atoms with Crippen LogP contribution in [0.15, 0.2) is 23.1 Å². The number of phenols is 1. The van der Waals surface area contributed by atoms with E-state index in [1.165, 1.54) is 0 Å². The number of sulfonamides is 1. The van der Waals surface area contributed by atoms with Gasteiger partial charge in [-0.05, 0) is 46.1 Å². The van der Waals surface area contributed by atoms with Crippen LogP contribution in [0.5, 0.6) is 5.75 Å². The van der Waals surface area contributed by atoms with Crippen LogP contribution in [-0.4, -0.2) is 50.0 Å². The molecule has 0 saturated carbocycles. The van der Waals surface area contributed by atoms with Gasteiger partial charge in [0.05, 0.1) is 9.82 Å². The first kappa shape index (κ1) is 17.3. The van der Waals surface area contributed by atoms with E-state index in [2.05, 4.69) is 4.72 Å². The molecule has 0 spiro atoms. The number of rotatable bonds is 7. The summed E-state index contributed by atoms with van der Waals surface area (Å²) in [6, 6.07) is 2.65. The highest BCUT2D eigenvalue weighted by atomic mass is 32.2. The van der Waals surface area contributed by atoms with E-state index in [1.807, 2.05) is 19.0 Å². The fourth-order valence-electron chi connectivity index (χ4n) is 1.66. The Hall–Kier alpha value is -1.71. The van der Waals surface area contributed by atoms with E-state index >= 15 is 0 Å². The SMILES string of the molecule is CC(CCN(C)C)NS(=O)(=O)c1ccc(O)c([N+](=O)[O-])c1. The molecule has 0 amide bonds. The van der Waals surface area contributed by atoms with Gasteiger partial charge in [-0.25, -0.2) is 13.1 Å². The van der Waals surface area contributed by atoms with Crippen LogP contribution in [-0.2, 0) is 10.0 Å². The van der Waals surface area contributed by atoms with Gasteiger partial charge in [0.15, 0.2) is 5.75 Å². The molecule has 21 heavy (non-hydrogen) atoms. The van der Waals surface area contributed by atoms with Crippen LogP contribution in [0.4, 0.5) is 5.69 Å². The van der Waals surface area contributed by atoms with Gasteiger partial charge in [-0.15, -0.1) is 0 Å². The number of nitro groups is 1. The molecule has 0 saturated heterocycles. The van der Waals surface area contributed by atoms with E-state index in [0.29, 0.717) is 13.0 Å². The Morgan fingerprint density at radius 2 is 2.05 bits per heavy atom. The van der Waals surface area contributed by atoms with Crippen LogP contribution in [0.1, 0.15) is 13.3 Å². The number of nitro benzene ring substituents is 1. The van der Waals surface area contributed by atoms with Gasteiger partial charge < -0.3 is 10.0 Å². The number of hydrogen-bond acceptors (Lipinski definition) is 6. The van der Waals surface area contributed by atoms with E-state index in [1.54, 1.807) is 6.92 Å². The van der Waals surface area contributed by atoms with Crippen LogP contribution in [0, 0.1) is 10.1 Å². The lowest BCUT2D eigenvalue weighted by molar-refractivity contribution is -0.386. The smallest absolute Gasteiger partial charge is 0.312 e. The predicted molar refractivity (Wildman–Crippen MR) is 77.7 cm³/mol. The Morgan fingerprint density at radius 3 is 2.57 bits per heavy atom. The van der Waals surface area contributed by atoms with Crippen molar-refractivity contribution in [1.82, 2.24) is 9.62 Å². The summed E-state index contributed by atoms with van der Waals surface area (Å²) >= 11 is 0. The molecule has 0 aliphatic carbocycles. The van der Waals surface area contributed by atoms with Crippen LogP contribution in [0.25, 0.3) is 0 Å². The van der Waals surface area contributed by atoms with Crippen molar-refractivity contribution in [2.24, 2.45) is 0 Å². The molecule has 8 nitrogen and oxygen atoms in total. The molecule has 1 aromatic carbocycles. The molecule has 1 atom stereocenters. The summed E-state index contributed by atoms with van der Waals surface area (Å²) < 4.78 is 26.7. The van der Waals surface area contributed by atoms with E-state index in [9.17, 15) is 23.6 Å². The molecule has 9 heteroatoms. The minimum Gasteiger partial charge on any atom is -0.502 e. The zero-order valence-corrected chi connectivity index (χ0v) is 12.9. The van der Waals surface area contributed by atoms with Gasteiger partial charge in [0.2, 0.25) is 10.0 Å². The van der Waals surface area contributed by atoms with Crippen molar-refractivity contribution in [3.8, 4) is 5.75 Å². The number of phenolic OH excluding ortho intramolecular Hbond substituents is 1. The van der Waals surface area contributed by atoms with Gasteiger partial charge in [-0.2, -0.15) is 0 Å². The van der Waals surface area contributed by atoms with Crippen LogP contribution in [0.2, 0.25) is 0 Å². The van der Waals surface area contributed by atoms with Gasteiger partial charge in [0.25, 0.3) is 0 Å². The molecule has 0 heterocycles. The first-order valence-electron chi connectivity index (χ1n) is 6.28. The van der Waals surface area contributed by atoms with Gasteiger partial charge >= 0.3 is 5.69 Å². The maximum Gasteiger partial charge on any atom is 0.312 e. The second kappa shape index (κ2) is 6.83. The van der Waals surface area contributed by atoms with Crippen molar-refractivity contribution >= 4 is 15.7 Å². The number of nitrogens with one attached hydrogen (secondary N) is 1. The number of nitrogens with zero attached hydrogens (tertiary/aromatic N) is 2. The molecule has 0 radical (unpaired) electrons. The predicted octanol–water partition coefficient (Wildman–Crippen LogP) is 0.919. The summed E-state index contributed by atoms with van der Waals surface area (Å²) in [6.07, 6.45) is 0.604. The number of hydrogen-bond donors (Lipinski definition) is 2. The standard InChI is InChI=1S/C12H19N3O5S/c1-9(6-7-14(2)3)13-21(19,20)10-4-5-12(16)11(8-10)15(17)18/h4-5,8-9,13,16H,6-7H2,1-3H3. The maximum atomic E-state index is 12.1. The molecule has 0 aromatic heterocycles. The minimum atomic E-state index is -3.86. The van der Waals surface area contributed by atoms with Gasteiger partial charge in [0, 0.05) is 12.1 Å². The van der Waals surface area contributed by atoms with E-state index in [-0.39, 0.29) is 10.9 Å². The topological polar surface area (TPSA) is 113 Å². The van der Waals surface area contributed by atoms with Crippen molar-refractivity contribution < 1.29 is 18.4 Å². The third-order valence-electron chi connectivity index (χ3n) is 2.82. The molecule has 0 bridgehead atoms. The molecule has 0 aliphatic heterocycles. The van der Waals surface area contributed by atoms with E-state index < -0.39 is 26.4 Å². The summed E-state index contributed by atoms with van der Waals surface area (Å²) in [4.78, 5) is 11.6. The summed E-state index contributed by atoms with van der Waals surface area (Å²) in [5.41, 5.74) is -0.640. The number of benzene rings is 1. The quantitative estimate of drug-likeness (QED) is 0.571. The lowest BCUT2D eigenvalue weighted by atomic mass is 10.2. The van der Waals surface area contributed by atoms with Crippen LogP contribution in [0.3, 0.4) is 0 Å². The van der Waals surface area contributed by atoms with Crippen LogP contribution < -0.4 is 4.72 Å². The van der Waals surface area contributed by atoms with Crippen molar-refractivity contribution in [2.45, 2.75) is 24.3 Å². The monoisotopic (exact) mass is 317 g/mol. The zero-order chi connectivity index (χ0) is 16.2. The second-order valence-corrected chi connectivity index (χ2v) is 6.74. The van der Waals surface area contributed by atoms with Crippen LogP contribution >= 0.6 is 0 Å². The van der Waals surface area contributed by atoms with Gasteiger partial charge in [0.1, 0.15) is 0 Å². The third-order valence-corrected chi connectivity index (χ3v) is 4.41. The zero-order valence-electron chi connectivity index (χ0n) is 12.1. The Balaban J connectivity index is 2.93. The lowest BCUT2D eigenvalue weighted by Crippen LogP contribution is -2.34. The fraction of sp³-hybridized carbons (Fsp3) is 0.500. The molecule has 118 valence electrons. The second-order valence-electron chi connectivity index (χ2n) is 5.02. The lowest BCUT2D eigenvalue weighted by Gasteiger charge is -2.16. The highest BCUT2D eigenvalue weighted by molar-refractivity contribution is 7.89. The molecule has 0 fully saturated rings. The Labute approximate surface area is 123 Å². The van der Waals surface area contributed by atoms with Gasteiger partial charge in [-0.1, -0.05) is 0 Å². The Kier molecular flexibility index (Phi) is 5.64. The molecule has 1 unspecified atom stereocenters. The van der Waals surface area contributed by atoms with Crippen molar-refractivity contribution in [3.05, 3.63) is 28.3 Å². The minimum absolute atomic E-state index is 0.247. The summed E-state index contributed by atoms with van der Waals surface area (Å²) in [5.74, 6) is -0.570. The fourth-order valence-corrected chi connectivity index (χ4v) is 2.96. The summed E-state index contributed by atoms with van der Waals surface area (Å²) in [5, 5.41) is 20.1. The molecular weight excluding hydrogens is 298 g/mol. The first-order chi connectivity index (χ1) is 9.63. The molecule has 2 N–H and O–H groups in total. The van der Waals surface area contributed by atoms with Crippen molar-refractivity contribution in [1.29, 1.82) is 0 Å². The summed E-state index contributed by atoms with van der Waals surface area (Å²) in [6.45, 7) is 2.43. The third kappa shape index (κ3) is 4.96. The van der Waals surface area contributed by atoms with E-state index in [0.717, 1.165) is 18.2 Å². The molecule has 1 rings (SSSR count). The first-order valence-corrected chi connectivity index (χ1v) is 7.76. The largest absolute Gasteiger partial charge is 0.502 e. The summed E-state index contributed by atoms with van der Waals surface area (Å²) in [7, 11) is -0.105. The van der Waals surface area contributed by atoms with E-state index in [4.69, 9.17) is 0 Å². The maximum absolute atomic E-state index is 12.1.